The minimum atomic E-state index is -1.98. The fraction of sp³-hybridized carbons (Fsp3) is 0.273. The zero-order valence-corrected chi connectivity index (χ0v) is 48.2. The number of pyridine rings is 1. The summed E-state index contributed by atoms with van der Waals surface area (Å²) in [5.41, 5.74) is 17.7. The van der Waals surface area contributed by atoms with Gasteiger partial charge < -0.3 is 8.98 Å². The van der Waals surface area contributed by atoms with Crippen LogP contribution in [0.25, 0.3) is 94.4 Å². The van der Waals surface area contributed by atoms with E-state index < -0.39 is 13.3 Å². The first-order chi connectivity index (χ1) is 34.8. The molecule has 4 heterocycles. The van der Waals surface area contributed by atoms with E-state index >= 15 is 0 Å². The van der Waals surface area contributed by atoms with Crippen LogP contribution in [0.4, 0.5) is 0 Å². The van der Waals surface area contributed by atoms with Gasteiger partial charge in [0.15, 0.2) is 0 Å². The summed E-state index contributed by atoms with van der Waals surface area (Å²) in [5, 5.41) is 4.69. The molecule has 0 saturated heterocycles. The zero-order valence-electron chi connectivity index (χ0n) is 43.7. The molecule has 1 aliphatic carbocycles. The first-order valence-electron chi connectivity index (χ1n) is 26.2. The largest absolute Gasteiger partial charge is 0.501 e. The van der Waals surface area contributed by atoms with Crippen molar-refractivity contribution in [2.45, 2.75) is 109 Å². The second-order valence-corrected chi connectivity index (χ2v) is 32.7. The zero-order chi connectivity index (χ0) is 49.8. The third-order valence-electron chi connectivity index (χ3n) is 14.8. The van der Waals surface area contributed by atoms with E-state index in [1.54, 1.807) is 0 Å². The quantitative estimate of drug-likeness (QED) is 0.101. The summed E-state index contributed by atoms with van der Waals surface area (Å²) in [6.45, 7) is 13.8. The average Bonchev–Trinajstić information content (AvgIpc) is 4.20. The van der Waals surface area contributed by atoms with Gasteiger partial charge in [-0.2, -0.15) is 0 Å². The Morgan fingerprint density at radius 2 is 1.29 bits per heavy atom. The van der Waals surface area contributed by atoms with E-state index in [4.69, 9.17) is 18.8 Å². The van der Waals surface area contributed by atoms with Crippen LogP contribution in [0.5, 0.6) is 0 Å². The number of imidazole rings is 1. The van der Waals surface area contributed by atoms with E-state index in [2.05, 4.69) is 203 Å². The van der Waals surface area contributed by atoms with Crippen molar-refractivity contribution in [3.05, 3.63) is 180 Å². The topological polar surface area (TPSA) is 57.0 Å². The molecule has 11 aromatic rings. The second-order valence-electron chi connectivity index (χ2n) is 22.1. The SMILES string of the molecule is CC(C)Cc1cc(-c2[c-]ccc3c2oc2ccccc23)nc[c]1[Ge]([CH3])([CH3])[CH3].CC(C)c1cc(-c2ccccc2)cc(C(C)C)c1-n1c(-c2[c-]cc(C3CCCC3)c3c2oc2ccccc23)nc2ccccc21.[Ir]. The van der Waals surface area contributed by atoms with E-state index in [0.29, 0.717) is 23.7 Å². The fourth-order valence-electron chi connectivity index (χ4n) is 11.4. The van der Waals surface area contributed by atoms with Crippen LogP contribution in [0.1, 0.15) is 107 Å². The predicted octanol–water partition coefficient (Wildman–Crippen LogP) is 18.2. The van der Waals surface area contributed by atoms with Crippen molar-refractivity contribution in [2.75, 3.05) is 0 Å². The van der Waals surface area contributed by atoms with Gasteiger partial charge in [-0.25, -0.2) is 0 Å². The van der Waals surface area contributed by atoms with Crippen LogP contribution in [0.2, 0.25) is 17.3 Å². The van der Waals surface area contributed by atoms with Gasteiger partial charge in [-0.1, -0.05) is 125 Å². The summed E-state index contributed by atoms with van der Waals surface area (Å²) in [6, 6.07) is 56.5. The maximum absolute atomic E-state index is 6.77. The van der Waals surface area contributed by atoms with E-state index in [1.165, 1.54) is 79.9 Å². The Hall–Kier alpha value is -6.05. The van der Waals surface area contributed by atoms with Gasteiger partial charge in [0, 0.05) is 31.2 Å². The normalized spacial score (nSPS) is 13.3. The third-order valence-corrected chi connectivity index (χ3v) is 19.2. The monoisotopic (exact) mass is 1200 g/mol. The van der Waals surface area contributed by atoms with Crippen molar-refractivity contribution in [2.24, 2.45) is 5.92 Å². The van der Waals surface area contributed by atoms with Crippen molar-refractivity contribution < 1.29 is 28.9 Å². The average molecular weight is 1200 g/mol. The molecule has 12 rings (SSSR count). The predicted molar refractivity (Wildman–Crippen MR) is 305 cm³/mol. The number of fused-ring (bicyclic) bond motifs is 7. The molecule has 1 aliphatic rings. The standard InChI is InChI=1S/C42H39N2O.C24H26GeNO.Ir/c1-26(2)34-24-30(28-14-6-5-7-15-28)25-35(27(3)4)40(34)44-37-20-12-11-19-36(37)43-42(44)33-23-22-31(29-16-8-9-17-29)39-32-18-10-13-21-38(32)45-41(33)39;1-16(2)13-17-14-22(26-15-21(17)25(3,4)5)20-11-8-10-19-18-9-6-7-12-23(18)27-24(19)20;/h5-7,10-15,18-22,24-27,29H,8-9,16-17H2,1-4H3;6-10,12,14-16H,13H2,1-5H3;/q2*-1;. The van der Waals surface area contributed by atoms with Crippen LogP contribution >= 0.6 is 0 Å². The summed E-state index contributed by atoms with van der Waals surface area (Å²) in [6.07, 6.45) is 8.24. The van der Waals surface area contributed by atoms with Gasteiger partial charge in [0.2, 0.25) is 0 Å². The van der Waals surface area contributed by atoms with Crippen molar-refractivity contribution in [3.63, 3.8) is 0 Å². The van der Waals surface area contributed by atoms with Crippen molar-refractivity contribution in [1.82, 2.24) is 14.5 Å². The molecule has 0 spiro atoms. The van der Waals surface area contributed by atoms with E-state index in [1.807, 2.05) is 18.2 Å². The Morgan fingerprint density at radius 1 is 0.658 bits per heavy atom. The number of benzene rings is 7. The van der Waals surface area contributed by atoms with Crippen LogP contribution in [-0.4, -0.2) is 27.8 Å². The molecule has 5 nitrogen and oxygen atoms in total. The minimum absolute atomic E-state index is 0. The maximum atomic E-state index is 6.77. The van der Waals surface area contributed by atoms with Crippen molar-refractivity contribution in [3.8, 4) is 39.5 Å². The van der Waals surface area contributed by atoms with Gasteiger partial charge in [-0.15, -0.1) is 17.7 Å². The molecule has 7 aromatic carbocycles. The first kappa shape index (κ1) is 50.5. The van der Waals surface area contributed by atoms with Crippen molar-refractivity contribution >= 4 is 72.6 Å². The van der Waals surface area contributed by atoms with Gasteiger partial charge in [0.25, 0.3) is 0 Å². The van der Waals surface area contributed by atoms with Gasteiger partial charge in [0.05, 0.1) is 22.4 Å². The van der Waals surface area contributed by atoms with Crippen LogP contribution in [0.3, 0.4) is 0 Å². The molecule has 0 bridgehead atoms. The minimum Gasteiger partial charge on any atom is -0.501 e. The Labute approximate surface area is 447 Å². The molecule has 4 aromatic heterocycles. The van der Waals surface area contributed by atoms with Gasteiger partial charge in [-0.3, -0.25) is 4.98 Å². The van der Waals surface area contributed by atoms with Crippen LogP contribution < -0.4 is 4.40 Å². The molecule has 1 radical (unpaired) electrons. The Kier molecular flexibility index (Phi) is 14.3. The first-order valence-corrected chi connectivity index (χ1v) is 33.6. The summed E-state index contributed by atoms with van der Waals surface area (Å²) < 4.78 is 16.9. The molecule has 0 atom stereocenters. The number of hydrogen-bond acceptors (Lipinski definition) is 4. The van der Waals surface area contributed by atoms with Crippen LogP contribution in [0.15, 0.2) is 155 Å². The number of aromatic nitrogens is 3. The van der Waals surface area contributed by atoms with Gasteiger partial charge in [-0.05, 0) is 70.3 Å². The molecule has 7 heteroatoms. The van der Waals surface area contributed by atoms with E-state index in [-0.39, 0.29) is 20.1 Å². The third kappa shape index (κ3) is 9.56. The maximum Gasteiger partial charge on any atom is 0.120 e. The summed E-state index contributed by atoms with van der Waals surface area (Å²) in [7, 11) is 0. The van der Waals surface area contributed by atoms with Gasteiger partial charge >= 0.3 is 164 Å². The molecule has 73 heavy (non-hydrogen) atoms. The molecule has 1 fully saturated rings. The van der Waals surface area contributed by atoms with Crippen molar-refractivity contribution in [1.29, 1.82) is 0 Å². The van der Waals surface area contributed by atoms with Crippen LogP contribution in [0, 0.1) is 18.1 Å². The number of para-hydroxylation sites is 4. The van der Waals surface area contributed by atoms with Crippen LogP contribution in [-0.2, 0) is 26.5 Å². The number of furan rings is 2. The second kappa shape index (κ2) is 20.7. The Bertz CT molecular complexity index is 3740. The Morgan fingerprint density at radius 3 is 1.97 bits per heavy atom. The van der Waals surface area contributed by atoms with Gasteiger partial charge in [0.1, 0.15) is 5.58 Å². The van der Waals surface area contributed by atoms with E-state index in [0.717, 1.165) is 73.2 Å². The summed E-state index contributed by atoms with van der Waals surface area (Å²) in [5.74, 6) is 9.96. The fourth-order valence-corrected chi connectivity index (χ4v) is 14.7. The molecule has 0 aliphatic heterocycles. The summed E-state index contributed by atoms with van der Waals surface area (Å²) in [4.78, 5) is 10.2. The molecular formula is C66H65GeIrN3O2-2. The molecule has 0 amide bonds. The number of hydrogen-bond donors (Lipinski definition) is 0. The molecule has 0 unspecified atom stereocenters. The molecule has 1 saturated carbocycles. The molecule has 0 N–H and O–H groups in total. The smallest absolute Gasteiger partial charge is 0.120 e. The molecule has 371 valence electrons. The molecular weight excluding hydrogens is 1130 g/mol. The van der Waals surface area contributed by atoms with E-state index in [9.17, 15) is 0 Å². The number of nitrogens with zero attached hydrogens (tertiary/aromatic N) is 3. The Balaban J connectivity index is 0.000000187. The number of rotatable bonds is 10. The summed E-state index contributed by atoms with van der Waals surface area (Å²) >= 11 is -1.98.